The van der Waals surface area contributed by atoms with Gasteiger partial charge in [0.25, 0.3) is 0 Å². The fourth-order valence-electron chi connectivity index (χ4n) is 2.50. The molecule has 0 aliphatic rings. The molecule has 1 aromatic carbocycles. The van der Waals surface area contributed by atoms with Crippen molar-refractivity contribution in [3.05, 3.63) is 35.5 Å². The smallest absolute Gasteiger partial charge is 0.159 e. The van der Waals surface area contributed by atoms with Gasteiger partial charge in [0.05, 0.1) is 16.8 Å². The van der Waals surface area contributed by atoms with Crippen LogP contribution in [0.4, 0.5) is 0 Å². The number of benzene rings is 1. The molecule has 0 radical (unpaired) electrons. The van der Waals surface area contributed by atoms with Crippen molar-refractivity contribution < 1.29 is 0 Å². The van der Waals surface area contributed by atoms with E-state index < -0.39 is 0 Å². The molecular weight excluding hydrogens is 250 g/mol. The Morgan fingerprint density at radius 1 is 1.35 bits per heavy atom. The molecule has 0 fully saturated rings. The summed E-state index contributed by atoms with van der Waals surface area (Å²) in [4.78, 5) is 4.65. The standard InChI is InChI=1S/C15H15N5/c1-4-20-13(8-10(2)18-20)15-17-14-11(9-16)6-5-7-12(14)19(15)3/h5-8H,4H2,1-3H3. The molecule has 0 aliphatic heterocycles. The topological polar surface area (TPSA) is 59.4 Å². The molecule has 0 atom stereocenters. The SMILES string of the molecule is CCn1nc(C)cc1-c1nc2c(C#N)cccc2n1C. The first-order chi connectivity index (χ1) is 9.65. The van der Waals surface area contributed by atoms with Crippen LogP contribution in [-0.2, 0) is 13.6 Å². The summed E-state index contributed by atoms with van der Waals surface area (Å²) in [6.07, 6.45) is 0. The number of nitrogens with zero attached hydrogens (tertiary/aromatic N) is 5. The maximum Gasteiger partial charge on any atom is 0.159 e. The Hall–Kier alpha value is -2.61. The highest BCUT2D eigenvalue weighted by molar-refractivity contribution is 5.85. The molecule has 5 nitrogen and oxygen atoms in total. The molecule has 0 saturated heterocycles. The predicted octanol–water partition coefficient (Wildman–Crippen LogP) is 2.64. The van der Waals surface area contributed by atoms with Crippen LogP contribution >= 0.6 is 0 Å². The number of aryl methyl sites for hydroxylation is 3. The van der Waals surface area contributed by atoms with E-state index in [-0.39, 0.29) is 0 Å². The molecule has 0 aliphatic carbocycles. The second kappa shape index (κ2) is 4.49. The van der Waals surface area contributed by atoms with Crippen molar-refractivity contribution in [2.24, 2.45) is 7.05 Å². The van der Waals surface area contributed by atoms with E-state index in [0.29, 0.717) is 5.56 Å². The highest BCUT2D eigenvalue weighted by Gasteiger charge is 2.16. The summed E-state index contributed by atoms with van der Waals surface area (Å²) in [7, 11) is 1.97. The lowest BCUT2D eigenvalue weighted by Gasteiger charge is -2.04. The van der Waals surface area contributed by atoms with Gasteiger partial charge in [0, 0.05) is 13.6 Å². The van der Waals surface area contributed by atoms with Crippen LogP contribution in [0.25, 0.3) is 22.6 Å². The largest absolute Gasteiger partial charge is 0.326 e. The minimum absolute atomic E-state index is 0.601. The molecule has 2 heterocycles. The number of nitriles is 1. The molecule has 20 heavy (non-hydrogen) atoms. The summed E-state index contributed by atoms with van der Waals surface area (Å²) < 4.78 is 3.95. The van der Waals surface area contributed by atoms with E-state index in [4.69, 9.17) is 0 Å². The number of hydrogen-bond donors (Lipinski definition) is 0. The number of imidazole rings is 1. The highest BCUT2D eigenvalue weighted by Crippen LogP contribution is 2.26. The van der Waals surface area contributed by atoms with Gasteiger partial charge >= 0.3 is 0 Å². The third-order valence-electron chi connectivity index (χ3n) is 3.46. The summed E-state index contributed by atoms with van der Waals surface area (Å²) in [6, 6.07) is 9.88. The van der Waals surface area contributed by atoms with Gasteiger partial charge < -0.3 is 4.57 Å². The van der Waals surface area contributed by atoms with Crippen molar-refractivity contribution >= 4 is 11.0 Å². The zero-order valence-corrected chi connectivity index (χ0v) is 11.8. The molecular formula is C15H15N5. The summed E-state index contributed by atoms with van der Waals surface area (Å²) in [5, 5.41) is 13.7. The lowest BCUT2D eigenvalue weighted by molar-refractivity contribution is 0.655. The molecule has 3 aromatic rings. The fourth-order valence-corrected chi connectivity index (χ4v) is 2.50. The minimum Gasteiger partial charge on any atom is -0.326 e. The first kappa shape index (κ1) is 12.4. The second-order valence-corrected chi connectivity index (χ2v) is 4.77. The Morgan fingerprint density at radius 2 is 2.15 bits per heavy atom. The van der Waals surface area contributed by atoms with Gasteiger partial charge in [-0.3, -0.25) is 4.68 Å². The fraction of sp³-hybridized carbons (Fsp3) is 0.267. The van der Waals surface area contributed by atoms with Crippen LogP contribution in [-0.4, -0.2) is 19.3 Å². The Morgan fingerprint density at radius 3 is 2.85 bits per heavy atom. The molecule has 0 unspecified atom stereocenters. The molecule has 0 saturated carbocycles. The van der Waals surface area contributed by atoms with Crippen molar-refractivity contribution in [2.75, 3.05) is 0 Å². The molecule has 0 N–H and O–H groups in total. The van der Waals surface area contributed by atoms with E-state index in [1.807, 2.05) is 41.4 Å². The summed E-state index contributed by atoms with van der Waals surface area (Å²) in [5.74, 6) is 0.838. The van der Waals surface area contributed by atoms with E-state index in [1.165, 1.54) is 0 Å². The van der Waals surface area contributed by atoms with Gasteiger partial charge in [-0.1, -0.05) is 6.07 Å². The van der Waals surface area contributed by atoms with Gasteiger partial charge in [0.2, 0.25) is 0 Å². The van der Waals surface area contributed by atoms with Gasteiger partial charge in [-0.15, -0.1) is 0 Å². The Kier molecular flexibility index (Phi) is 2.79. The van der Waals surface area contributed by atoms with Crippen LogP contribution in [0.1, 0.15) is 18.2 Å². The zero-order chi connectivity index (χ0) is 14.3. The zero-order valence-electron chi connectivity index (χ0n) is 11.8. The number of aromatic nitrogens is 4. The van der Waals surface area contributed by atoms with Gasteiger partial charge in [-0.05, 0) is 32.0 Å². The van der Waals surface area contributed by atoms with Crippen LogP contribution in [0.2, 0.25) is 0 Å². The molecule has 0 bridgehead atoms. The Labute approximate surface area is 117 Å². The van der Waals surface area contributed by atoms with E-state index in [1.54, 1.807) is 6.07 Å². The lowest BCUT2D eigenvalue weighted by Crippen LogP contribution is -2.02. The third kappa shape index (κ3) is 1.69. The monoisotopic (exact) mass is 265 g/mol. The average Bonchev–Trinajstić information content (AvgIpc) is 2.99. The Bertz CT molecular complexity index is 832. The van der Waals surface area contributed by atoms with E-state index in [0.717, 1.165) is 34.8 Å². The van der Waals surface area contributed by atoms with Crippen LogP contribution < -0.4 is 0 Å². The average molecular weight is 265 g/mol. The first-order valence-electron chi connectivity index (χ1n) is 6.56. The van der Waals surface area contributed by atoms with Crippen LogP contribution in [0.15, 0.2) is 24.3 Å². The van der Waals surface area contributed by atoms with E-state index in [2.05, 4.69) is 23.1 Å². The van der Waals surface area contributed by atoms with Crippen molar-refractivity contribution in [3.8, 4) is 17.6 Å². The second-order valence-electron chi connectivity index (χ2n) is 4.77. The summed E-state index contributed by atoms with van der Waals surface area (Å²) in [5.41, 5.74) is 4.25. The van der Waals surface area contributed by atoms with Crippen LogP contribution in [0.3, 0.4) is 0 Å². The van der Waals surface area contributed by atoms with Crippen molar-refractivity contribution in [2.45, 2.75) is 20.4 Å². The molecule has 2 aromatic heterocycles. The number of fused-ring (bicyclic) bond motifs is 1. The van der Waals surface area contributed by atoms with E-state index >= 15 is 0 Å². The van der Waals surface area contributed by atoms with Gasteiger partial charge in [0.1, 0.15) is 17.3 Å². The van der Waals surface area contributed by atoms with Crippen molar-refractivity contribution in [3.63, 3.8) is 0 Å². The van der Waals surface area contributed by atoms with E-state index in [9.17, 15) is 5.26 Å². The summed E-state index contributed by atoms with van der Waals surface area (Å²) in [6.45, 7) is 4.82. The predicted molar refractivity (Wildman–Crippen MR) is 77.1 cm³/mol. The maximum absolute atomic E-state index is 9.19. The minimum atomic E-state index is 0.601. The molecule has 5 heteroatoms. The normalized spacial score (nSPS) is 10.9. The maximum atomic E-state index is 9.19. The summed E-state index contributed by atoms with van der Waals surface area (Å²) >= 11 is 0. The molecule has 0 spiro atoms. The molecule has 3 rings (SSSR count). The van der Waals surface area contributed by atoms with Crippen molar-refractivity contribution in [1.29, 1.82) is 5.26 Å². The van der Waals surface area contributed by atoms with Crippen molar-refractivity contribution in [1.82, 2.24) is 19.3 Å². The molecule has 100 valence electrons. The van der Waals surface area contributed by atoms with Crippen LogP contribution in [0.5, 0.6) is 0 Å². The van der Waals surface area contributed by atoms with Gasteiger partial charge in [-0.25, -0.2) is 4.98 Å². The lowest BCUT2D eigenvalue weighted by atomic mass is 10.2. The van der Waals surface area contributed by atoms with Gasteiger partial charge in [-0.2, -0.15) is 10.4 Å². The highest BCUT2D eigenvalue weighted by atomic mass is 15.3. The van der Waals surface area contributed by atoms with Crippen LogP contribution in [0, 0.1) is 18.3 Å². The third-order valence-corrected chi connectivity index (χ3v) is 3.46. The first-order valence-corrected chi connectivity index (χ1v) is 6.56. The Balaban J connectivity index is 2.32. The number of para-hydroxylation sites is 1. The van der Waals surface area contributed by atoms with Gasteiger partial charge in [0.15, 0.2) is 5.82 Å². The quantitative estimate of drug-likeness (QED) is 0.715. The number of hydrogen-bond acceptors (Lipinski definition) is 3. The number of rotatable bonds is 2. The molecule has 0 amide bonds.